The zero-order chi connectivity index (χ0) is 14.7. The minimum absolute atomic E-state index is 0.0173. The molecular weight excluding hydrogens is 369 g/mol. The Kier molecular flexibility index (Phi) is 4.86. The molecule has 104 valence electrons. The van der Waals surface area contributed by atoms with Gasteiger partial charge in [0.05, 0.1) is 19.4 Å². The van der Waals surface area contributed by atoms with E-state index in [2.05, 4.69) is 15.9 Å². The molecule has 0 atom stereocenters. The van der Waals surface area contributed by atoms with Gasteiger partial charge in [-0.25, -0.2) is 0 Å². The second-order valence-corrected chi connectivity index (χ2v) is 5.55. The van der Waals surface area contributed by atoms with E-state index < -0.39 is 4.92 Å². The van der Waals surface area contributed by atoms with E-state index in [1.807, 2.05) is 0 Å². The molecule has 0 N–H and O–H groups in total. The summed E-state index contributed by atoms with van der Waals surface area (Å²) < 4.78 is 5.94. The Morgan fingerprint density at radius 2 is 1.85 bits per heavy atom. The van der Waals surface area contributed by atoms with Crippen LogP contribution in [0.15, 0.2) is 40.9 Å². The van der Waals surface area contributed by atoms with E-state index in [1.54, 1.807) is 30.3 Å². The minimum Gasteiger partial charge on any atom is -0.486 e. The highest BCUT2D eigenvalue weighted by atomic mass is 79.9. The third kappa shape index (κ3) is 3.42. The molecule has 0 fully saturated rings. The van der Waals surface area contributed by atoms with Crippen LogP contribution in [0.4, 0.5) is 5.69 Å². The van der Waals surface area contributed by atoms with Crippen molar-refractivity contribution in [3.8, 4) is 5.75 Å². The van der Waals surface area contributed by atoms with Gasteiger partial charge in [0.15, 0.2) is 5.75 Å². The van der Waals surface area contributed by atoms with E-state index >= 15 is 0 Å². The summed E-state index contributed by atoms with van der Waals surface area (Å²) in [7, 11) is 0. The summed E-state index contributed by atoms with van der Waals surface area (Å²) in [6.07, 6.45) is 0. The number of para-hydroxylation sites is 1. The zero-order valence-corrected chi connectivity index (χ0v) is 13.1. The van der Waals surface area contributed by atoms with Crippen LogP contribution >= 0.6 is 39.1 Å². The maximum absolute atomic E-state index is 10.8. The van der Waals surface area contributed by atoms with Gasteiger partial charge in [-0.05, 0) is 39.7 Å². The predicted molar refractivity (Wildman–Crippen MR) is 81.6 cm³/mol. The fraction of sp³-hybridized carbons (Fsp3) is 0.0769. The molecule has 0 bridgehead atoms. The fourth-order valence-electron chi connectivity index (χ4n) is 1.56. The molecule has 0 aliphatic rings. The Bertz CT molecular complexity index is 644. The molecule has 0 amide bonds. The summed E-state index contributed by atoms with van der Waals surface area (Å²) >= 11 is 15.1. The number of ether oxygens (including phenoxy) is 1. The predicted octanol–water partition coefficient (Wildman–Crippen LogP) is 5.24. The topological polar surface area (TPSA) is 52.4 Å². The van der Waals surface area contributed by atoms with E-state index in [9.17, 15) is 10.1 Å². The van der Waals surface area contributed by atoms with Crippen molar-refractivity contribution in [2.45, 2.75) is 6.61 Å². The fourth-order valence-corrected chi connectivity index (χ4v) is 2.46. The molecule has 0 aliphatic heterocycles. The van der Waals surface area contributed by atoms with Crippen LogP contribution in [-0.2, 0) is 6.61 Å². The Morgan fingerprint density at radius 3 is 2.45 bits per heavy atom. The smallest absolute Gasteiger partial charge is 0.283 e. The Balaban J connectivity index is 2.19. The maximum atomic E-state index is 10.8. The number of nitro groups is 1. The molecule has 0 radical (unpaired) electrons. The third-order valence-corrected chi connectivity index (χ3v) is 3.78. The van der Waals surface area contributed by atoms with Gasteiger partial charge in [-0.3, -0.25) is 10.1 Å². The lowest BCUT2D eigenvalue weighted by Crippen LogP contribution is -1.98. The van der Waals surface area contributed by atoms with Gasteiger partial charge >= 0.3 is 0 Å². The Morgan fingerprint density at radius 1 is 1.20 bits per heavy atom. The van der Waals surface area contributed by atoms with Gasteiger partial charge in [-0.15, -0.1) is 0 Å². The number of hydrogen-bond donors (Lipinski definition) is 0. The first-order valence-electron chi connectivity index (χ1n) is 5.48. The van der Waals surface area contributed by atoms with E-state index in [0.717, 1.165) is 0 Å². The van der Waals surface area contributed by atoms with Crippen molar-refractivity contribution in [3.63, 3.8) is 0 Å². The first kappa shape index (κ1) is 15.1. The maximum Gasteiger partial charge on any atom is 0.283 e. The molecule has 2 aromatic carbocycles. The highest BCUT2D eigenvalue weighted by Crippen LogP contribution is 2.33. The van der Waals surface area contributed by atoms with E-state index in [0.29, 0.717) is 25.8 Å². The van der Waals surface area contributed by atoms with Gasteiger partial charge in [0.2, 0.25) is 0 Å². The Hall–Kier alpha value is -1.30. The molecule has 0 heterocycles. The standard InChI is InChI=1S/C13H8BrCl2NO3/c14-9-5-4-8(6-12(9)17(18)19)7-20-13-10(15)2-1-3-11(13)16/h1-6H,7H2. The molecule has 0 spiro atoms. The summed E-state index contributed by atoms with van der Waals surface area (Å²) in [5, 5.41) is 11.6. The van der Waals surface area contributed by atoms with Crippen LogP contribution in [0.3, 0.4) is 0 Å². The lowest BCUT2D eigenvalue weighted by molar-refractivity contribution is -0.385. The number of nitrogens with zero attached hydrogens (tertiary/aromatic N) is 1. The lowest BCUT2D eigenvalue weighted by atomic mass is 10.2. The van der Waals surface area contributed by atoms with Crippen molar-refractivity contribution in [2.75, 3.05) is 0 Å². The number of hydrogen-bond acceptors (Lipinski definition) is 3. The van der Waals surface area contributed by atoms with Gasteiger partial charge < -0.3 is 4.74 Å². The summed E-state index contributed by atoms with van der Waals surface area (Å²) in [4.78, 5) is 10.4. The molecule has 0 aromatic heterocycles. The SMILES string of the molecule is O=[N+]([O-])c1cc(COc2c(Cl)cccc2Cl)ccc1Br. The first-order chi connectivity index (χ1) is 9.49. The number of rotatable bonds is 4. The molecule has 4 nitrogen and oxygen atoms in total. The van der Waals surface area contributed by atoms with Gasteiger partial charge in [-0.2, -0.15) is 0 Å². The third-order valence-electron chi connectivity index (χ3n) is 2.51. The van der Waals surface area contributed by atoms with Crippen LogP contribution in [0.2, 0.25) is 10.0 Å². The summed E-state index contributed by atoms with van der Waals surface area (Å²) in [5.74, 6) is 0.362. The average Bonchev–Trinajstić information content (AvgIpc) is 2.39. The van der Waals surface area contributed by atoms with Crippen LogP contribution in [-0.4, -0.2) is 4.92 Å². The van der Waals surface area contributed by atoms with Crippen LogP contribution in [0, 0.1) is 10.1 Å². The molecule has 2 rings (SSSR count). The number of nitro benzene ring substituents is 1. The molecule has 7 heteroatoms. The Labute approximate surface area is 133 Å². The van der Waals surface area contributed by atoms with Gasteiger partial charge in [0, 0.05) is 6.07 Å². The summed E-state index contributed by atoms with van der Waals surface area (Å²) in [6.45, 7) is 0.136. The van der Waals surface area contributed by atoms with Crippen molar-refractivity contribution in [1.82, 2.24) is 0 Å². The van der Waals surface area contributed by atoms with Crippen molar-refractivity contribution in [2.24, 2.45) is 0 Å². The summed E-state index contributed by atoms with van der Waals surface area (Å²) in [5.41, 5.74) is 0.632. The second kappa shape index (κ2) is 6.43. The molecule has 0 saturated heterocycles. The van der Waals surface area contributed by atoms with Gasteiger partial charge in [0.1, 0.15) is 6.61 Å². The van der Waals surface area contributed by atoms with Crippen molar-refractivity contribution < 1.29 is 9.66 Å². The lowest BCUT2D eigenvalue weighted by Gasteiger charge is -2.09. The van der Waals surface area contributed by atoms with E-state index in [-0.39, 0.29) is 12.3 Å². The molecule has 0 aliphatic carbocycles. The molecule has 2 aromatic rings. The van der Waals surface area contributed by atoms with Gasteiger partial charge in [0.25, 0.3) is 5.69 Å². The molecule has 0 saturated carbocycles. The summed E-state index contributed by atoms with van der Waals surface area (Å²) in [6, 6.07) is 9.79. The zero-order valence-electron chi connectivity index (χ0n) is 9.98. The quantitative estimate of drug-likeness (QED) is 0.541. The van der Waals surface area contributed by atoms with Crippen molar-refractivity contribution in [1.29, 1.82) is 0 Å². The second-order valence-electron chi connectivity index (χ2n) is 3.88. The van der Waals surface area contributed by atoms with Crippen LogP contribution < -0.4 is 4.74 Å². The largest absolute Gasteiger partial charge is 0.486 e. The number of benzene rings is 2. The highest BCUT2D eigenvalue weighted by molar-refractivity contribution is 9.10. The van der Waals surface area contributed by atoms with Crippen LogP contribution in [0.1, 0.15) is 5.56 Å². The molecular formula is C13H8BrCl2NO3. The minimum atomic E-state index is -0.462. The average molecular weight is 377 g/mol. The van der Waals surface area contributed by atoms with Crippen molar-refractivity contribution >= 4 is 44.8 Å². The monoisotopic (exact) mass is 375 g/mol. The van der Waals surface area contributed by atoms with Gasteiger partial charge in [-0.1, -0.05) is 35.3 Å². The molecule has 0 unspecified atom stereocenters. The number of halogens is 3. The first-order valence-corrected chi connectivity index (χ1v) is 7.03. The van der Waals surface area contributed by atoms with Crippen LogP contribution in [0.25, 0.3) is 0 Å². The van der Waals surface area contributed by atoms with E-state index in [1.165, 1.54) is 6.07 Å². The van der Waals surface area contributed by atoms with Crippen LogP contribution in [0.5, 0.6) is 5.75 Å². The highest BCUT2D eigenvalue weighted by Gasteiger charge is 2.13. The van der Waals surface area contributed by atoms with E-state index in [4.69, 9.17) is 27.9 Å². The normalized spacial score (nSPS) is 10.3. The van der Waals surface area contributed by atoms with Crippen molar-refractivity contribution in [3.05, 3.63) is 66.6 Å². The molecule has 20 heavy (non-hydrogen) atoms.